The smallest absolute Gasteiger partial charge is 0.203 e. The van der Waals surface area contributed by atoms with Gasteiger partial charge >= 0.3 is 0 Å². The summed E-state index contributed by atoms with van der Waals surface area (Å²) in [6.45, 7) is 1.76. The lowest BCUT2D eigenvalue weighted by Crippen LogP contribution is -2.00. The molecule has 0 amide bonds. The Balaban J connectivity index is 1.76. The molecule has 0 fully saturated rings. The highest BCUT2D eigenvalue weighted by Crippen LogP contribution is 2.27. The van der Waals surface area contributed by atoms with Crippen LogP contribution in [0.15, 0.2) is 52.9 Å². The van der Waals surface area contributed by atoms with E-state index in [-0.39, 0.29) is 11.5 Å². The van der Waals surface area contributed by atoms with Crippen LogP contribution in [0.2, 0.25) is 5.02 Å². The van der Waals surface area contributed by atoms with Crippen molar-refractivity contribution >= 4 is 33.8 Å². The zero-order valence-electron chi connectivity index (χ0n) is 12.7. The van der Waals surface area contributed by atoms with Gasteiger partial charge < -0.3 is 10.2 Å². The Labute approximate surface area is 147 Å². The number of benzene rings is 2. The van der Waals surface area contributed by atoms with Gasteiger partial charge in [-0.2, -0.15) is 5.10 Å². The molecule has 0 atom stereocenters. The maximum Gasteiger partial charge on any atom is 0.203 e. The number of halogens is 1. The van der Waals surface area contributed by atoms with E-state index >= 15 is 0 Å². The summed E-state index contributed by atoms with van der Waals surface area (Å²) in [7, 11) is 0. The molecular weight excluding hydrogens is 346 g/mol. The molecule has 1 aromatic heterocycles. The number of phenols is 2. The lowest BCUT2D eigenvalue weighted by Gasteiger charge is -2.04. The quantitative estimate of drug-likeness (QED) is 0.465. The second-order valence-electron chi connectivity index (χ2n) is 5.06. The number of hydrazone groups is 1. The van der Waals surface area contributed by atoms with Gasteiger partial charge in [-0.15, -0.1) is 11.3 Å². The monoisotopic (exact) mass is 359 g/mol. The average Bonchev–Trinajstić information content (AvgIpc) is 3.02. The first-order chi connectivity index (χ1) is 11.5. The van der Waals surface area contributed by atoms with Crippen LogP contribution in [0.25, 0.3) is 11.3 Å². The zero-order valence-corrected chi connectivity index (χ0v) is 14.3. The lowest BCUT2D eigenvalue weighted by molar-refractivity contribution is 0.450. The molecule has 0 unspecified atom stereocenters. The van der Waals surface area contributed by atoms with Crippen LogP contribution < -0.4 is 5.43 Å². The summed E-state index contributed by atoms with van der Waals surface area (Å²) in [5, 5.41) is 26.6. The summed E-state index contributed by atoms with van der Waals surface area (Å²) >= 11 is 7.31. The fourth-order valence-corrected chi connectivity index (χ4v) is 2.88. The second-order valence-corrected chi connectivity index (χ2v) is 6.35. The van der Waals surface area contributed by atoms with E-state index in [4.69, 9.17) is 11.6 Å². The van der Waals surface area contributed by atoms with Gasteiger partial charge in [0.25, 0.3) is 0 Å². The van der Waals surface area contributed by atoms with Crippen molar-refractivity contribution in [2.24, 2.45) is 5.10 Å². The molecule has 0 saturated carbocycles. The molecule has 122 valence electrons. The van der Waals surface area contributed by atoms with Crippen molar-refractivity contribution in [1.82, 2.24) is 4.98 Å². The topological polar surface area (TPSA) is 77.7 Å². The van der Waals surface area contributed by atoms with Gasteiger partial charge in [0.1, 0.15) is 11.5 Å². The molecule has 0 spiro atoms. The molecule has 0 saturated heterocycles. The Bertz CT molecular complexity index is 891. The number of rotatable bonds is 4. The molecule has 0 aliphatic carbocycles. The number of phenolic OH excluding ortho intramolecular Hbond substituents is 2. The molecule has 0 aliphatic rings. The van der Waals surface area contributed by atoms with Crippen molar-refractivity contribution in [1.29, 1.82) is 0 Å². The summed E-state index contributed by atoms with van der Waals surface area (Å²) in [6, 6.07) is 11.8. The van der Waals surface area contributed by atoms with Crippen LogP contribution in [0.5, 0.6) is 11.5 Å². The predicted molar refractivity (Wildman–Crippen MR) is 98.2 cm³/mol. The number of hydrogen-bond acceptors (Lipinski definition) is 6. The molecule has 0 radical (unpaired) electrons. The summed E-state index contributed by atoms with van der Waals surface area (Å²) in [4.78, 5) is 4.47. The molecule has 7 heteroatoms. The van der Waals surface area contributed by atoms with E-state index in [2.05, 4.69) is 15.5 Å². The van der Waals surface area contributed by atoms with Gasteiger partial charge in [-0.05, 0) is 31.2 Å². The standard InChI is InChI=1S/C17H14ClN3O2S/c1-10(14-7-6-13(22)8-16(14)23)20-21-17-19-15(9-24-17)11-2-4-12(18)5-3-11/h2-9,22-23H,1H3,(H,19,21)/b20-10-. The molecule has 3 aromatic rings. The van der Waals surface area contributed by atoms with Gasteiger partial charge in [0.2, 0.25) is 5.13 Å². The maximum absolute atomic E-state index is 9.84. The fraction of sp³-hybridized carbons (Fsp3) is 0.0588. The van der Waals surface area contributed by atoms with Gasteiger partial charge in [0.05, 0.1) is 11.4 Å². The highest BCUT2D eigenvalue weighted by molar-refractivity contribution is 7.14. The molecule has 0 aliphatic heterocycles. The molecular formula is C17H14ClN3O2S. The van der Waals surface area contributed by atoms with E-state index in [9.17, 15) is 10.2 Å². The number of anilines is 1. The Hall–Kier alpha value is -2.57. The van der Waals surface area contributed by atoms with Crippen LogP contribution in [0.1, 0.15) is 12.5 Å². The minimum atomic E-state index is -0.0287. The minimum absolute atomic E-state index is 0.00420. The fourth-order valence-electron chi connectivity index (χ4n) is 2.10. The van der Waals surface area contributed by atoms with Crippen LogP contribution in [0.3, 0.4) is 0 Å². The van der Waals surface area contributed by atoms with Crippen LogP contribution in [-0.2, 0) is 0 Å². The van der Waals surface area contributed by atoms with E-state index < -0.39 is 0 Å². The van der Waals surface area contributed by atoms with Gasteiger partial charge in [0.15, 0.2) is 0 Å². The number of aromatic hydroxyl groups is 2. The van der Waals surface area contributed by atoms with Crippen LogP contribution in [0.4, 0.5) is 5.13 Å². The van der Waals surface area contributed by atoms with Crippen molar-refractivity contribution in [3.05, 3.63) is 58.4 Å². The predicted octanol–water partition coefficient (Wildman–Crippen LogP) is 4.71. The maximum atomic E-state index is 9.84. The van der Waals surface area contributed by atoms with Crippen LogP contribution in [0, 0.1) is 0 Å². The van der Waals surface area contributed by atoms with E-state index in [0.717, 1.165) is 11.3 Å². The second kappa shape index (κ2) is 6.90. The Morgan fingerprint density at radius 2 is 1.92 bits per heavy atom. The normalized spacial score (nSPS) is 11.5. The van der Waals surface area contributed by atoms with Crippen molar-refractivity contribution in [3.8, 4) is 22.8 Å². The first-order valence-electron chi connectivity index (χ1n) is 7.07. The van der Waals surface area contributed by atoms with E-state index in [1.54, 1.807) is 13.0 Å². The summed E-state index contributed by atoms with van der Waals surface area (Å²) in [6.07, 6.45) is 0. The van der Waals surface area contributed by atoms with Gasteiger partial charge in [-0.3, -0.25) is 5.43 Å². The first-order valence-corrected chi connectivity index (χ1v) is 8.33. The molecule has 5 nitrogen and oxygen atoms in total. The van der Waals surface area contributed by atoms with E-state index in [1.165, 1.54) is 23.5 Å². The molecule has 24 heavy (non-hydrogen) atoms. The highest BCUT2D eigenvalue weighted by Gasteiger charge is 2.07. The summed E-state index contributed by atoms with van der Waals surface area (Å²) in [5.74, 6) is -0.0245. The molecule has 3 rings (SSSR count). The van der Waals surface area contributed by atoms with Gasteiger partial charge in [0, 0.05) is 27.6 Å². The van der Waals surface area contributed by atoms with Crippen molar-refractivity contribution in [2.75, 3.05) is 5.43 Å². The van der Waals surface area contributed by atoms with Gasteiger partial charge in [-0.25, -0.2) is 4.98 Å². The SMILES string of the molecule is C/C(=N/Nc1nc(-c2ccc(Cl)cc2)cs1)c1ccc(O)cc1O. The first kappa shape index (κ1) is 16.3. The minimum Gasteiger partial charge on any atom is -0.508 e. The molecule has 0 bridgehead atoms. The highest BCUT2D eigenvalue weighted by atomic mass is 35.5. The third kappa shape index (κ3) is 3.67. The van der Waals surface area contributed by atoms with Crippen LogP contribution in [-0.4, -0.2) is 20.9 Å². The molecule has 2 aromatic carbocycles. The third-order valence-electron chi connectivity index (χ3n) is 3.33. The van der Waals surface area contributed by atoms with Crippen molar-refractivity contribution < 1.29 is 10.2 Å². The largest absolute Gasteiger partial charge is 0.508 e. The summed E-state index contributed by atoms with van der Waals surface area (Å²) < 4.78 is 0. The zero-order chi connectivity index (χ0) is 17.1. The number of nitrogens with one attached hydrogen (secondary N) is 1. The number of hydrogen-bond donors (Lipinski definition) is 3. The average molecular weight is 360 g/mol. The number of nitrogens with zero attached hydrogens (tertiary/aromatic N) is 2. The van der Waals surface area contributed by atoms with Crippen molar-refractivity contribution in [2.45, 2.75) is 6.92 Å². The Morgan fingerprint density at radius 3 is 2.62 bits per heavy atom. The van der Waals surface area contributed by atoms with E-state index in [0.29, 0.717) is 21.4 Å². The third-order valence-corrected chi connectivity index (χ3v) is 4.33. The molecule has 3 N–H and O–H groups in total. The Kier molecular flexibility index (Phi) is 4.69. The van der Waals surface area contributed by atoms with E-state index in [1.807, 2.05) is 29.6 Å². The van der Waals surface area contributed by atoms with Crippen LogP contribution >= 0.6 is 22.9 Å². The Morgan fingerprint density at radius 1 is 1.17 bits per heavy atom. The lowest BCUT2D eigenvalue weighted by atomic mass is 10.1. The summed E-state index contributed by atoms with van der Waals surface area (Å²) in [5.41, 5.74) is 5.80. The number of aromatic nitrogens is 1. The van der Waals surface area contributed by atoms with Crippen molar-refractivity contribution in [3.63, 3.8) is 0 Å². The molecule has 1 heterocycles. The van der Waals surface area contributed by atoms with Gasteiger partial charge in [-0.1, -0.05) is 23.7 Å². The number of thiazole rings is 1.